The van der Waals surface area contributed by atoms with Gasteiger partial charge < -0.3 is 10.0 Å². The van der Waals surface area contributed by atoms with E-state index in [-0.39, 0.29) is 5.92 Å². The van der Waals surface area contributed by atoms with E-state index in [4.69, 9.17) is 0 Å². The third-order valence-corrected chi connectivity index (χ3v) is 3.34. The molecule has 0 aromatic heterocycles. The van der Waals surface area contributed by atoms with Gasteiger partial charge in [-0.05, 0) is 31.5 Å². The van der Waals surface area contributed by atoms with Crippen molar-refractivity contribution in [2.45, 2.75) is 18.9 Å². The van der Waals surface area contributed by atoms with E-state index in [1.165, 1.54) is 12.8 Å². The summed E-state index contributed by atoms with van der Waals surface area (Å²) in [6.45, 7) is 2.78. The molecule has 0 unspecified atom stereocenters. The van der Waals surface area contributed by atoms with Crippen molar-refractivity contribution in [3.8, 4) is 6.07 Å². The highest BCUT2D eigenvalue weighted by molar-refractivity contribution is 5.19. The second kappa shape index (κ2) is 5.81. The Bertz CT molecular complexity index is 379. The average molecular weight is 230 g/mol. The summed E-state index contributed by atoms with van der Waals surface area (Å²) < 4.78 is 0. The smallest absolute Gasteiger partial charge is 0.0960 e. The van der Waals surface area contributed by atoms with Gasteiger partial charge in [-0.1, -0.05) is 30.3 Å². The zero-order valence-corrected chi connectivity index (χ0v) is 9.92. The van der Waals surface area contributed by atoms with Crippen LogP contribution in [0.5, 0.6) is 0 Å². The Morgan fingerprint density at radius 1 is 1.24 bits per heavy atom. The maximum absolute atomic E-state index is 10.2. The number of rotatable bonds is 4. The van der Waals surface area contributed by atoms with Crippen molar-refractivity contribution in [1.82, 2.24) is 4.90 Å². The lowest BCUT2D eigenvalue weighted by atomic mass is 9.96. The van der Waals surface area contributed by atoms with E-state index < -0.39 is 6.10 Å². The monoisotopic (exact) mass is 230 g/mol. The maximum Gasteiger partial charge on any atom is 0.0960 e. The van der Waals surface area contributed by atoms with Crippen LogP contribution in [0.4, 0.5) is 0 Å². The Balaban J connectivity index is 2.00. The molecule has 3 nitrogen and oxygen atoms in total. The molecule has 0 saturated carbocycles. The number of aliphatic hydroxyl groups is 1. The fraction of sp³-hybridized carbons (Fsp3) is 0.500. The number of aliphatic hydroxyl groups excluding tert-OH is 1. The van der Waals surface area contributed by atoms with Crippen molar-refractivity contribution in [1.29, 1.82) is 5.26 Å². The first kappa shape index (κ1) is 12.1. The lowest BCUT2D eigenvalue weighted by molar-refractivity contribution is 0.112. The van der Waals surface area contributed by atoms with Gasteiger partial charge in [0.1, 0.15) is 0 Å². The van der Waals surface area contributed by atoms with Crippen molar-refractivity contribution in [2.24, 2.45) is 5.92 Å². The van der Waals surface area contributed by atoms with Gasteiger partial charge in [-0.3, -0.25) is 0 Å². The zero-order valence-electron chi connectivity index (χ0n) is 9.92. The highest BCUT2D eigenvalue weighted by Crippen LogP contribution is 2.23. The van der Waals surface area contributed by atoms with Gasteiger partial charge in [0.2, 0.25) is 0 Å². The van der Waals surface area contributed by atoms with Crippen LogP contribution >= 0.6 is 0 Å². The lowest BCUT2D eigenvalue weighted by Gasteiger charge is -2.22. The molecule has 1 heterocycles. The Labute approximate surface area is 102 Å². The molecule has 0 spiro atoms. The van der Waals surface area contributed by atoms with Crippen molar-refractivity contribution < 1.29 is 5.11 Å². The Morgan fingerprint density at radius 2 is 1.88 bits per heavy atom. The van der Waals surface area contributed by atoms with Crippen LogP contribution in [0.15, 0.2) is 30.3 Å². The second-order valence-electron chi connectivity index (χ2n) is 4.60. The van der Waals surface area contributed by atoms with E-state index in [9.17, 15) is 10.4 Å². The van der Waals surface area contributed by atoms with Crippen LogP contribution < -0.4 is 0 Å². The average Bonchev–Trinajstić information content (AvgIpc) is 2.89. The predicted octanol–water partition coefficient (Wildman–Crippen LogP) is 1.96. The first-order valence-corrected chi connectivity index (χ1v) is 6.16. The fourth-order valence-corrected chi connectivity index (χ4v) is 2.34. The molecule has 0 amide bonds. The fourth-order valence-electron chi connectivity index (χ4n) is 2.34. The van der Waals surface area contributed by atoms with E-state index in [1.54, 1.807) is 0 Å². The molecule has 0 bridgehead atoms. The van der Waals surface area contributed by atoms with Crippen LogP contribution in [0.1, 0.15) is 24.5 Å². The number of nitrogens with zero attached hydrogens (tertiary/aromatic N) is 2. The maximum atomic E-state index is 10.2. The molecule has 1 aliphatic heterocycles. The summed E-state index contributed by atoms with van der Waals surface area (Å²) in [4.78, 5) is 2.26. The summed E-state index contributed by atoms with van der Waals surface area (Å²) in [5.74, 6) is -0.338. The van der Waals surface area contributed by atoms with Gasteiger partial charge in [0.05, 0.1) is 18.1 Å². The van der Waals surface area contributed by atoms with E-state index in [0.29, 0.717) is 6.54 Å². The first-order valence-electron chi connectivity index (χ1n) is 6.16. The molecule has 17 heavy (non-hydrogen) atoms. The van der Waals surface area contributed by atoms with Crippen LogP contribution in [0.2, 0.25) is 0 Å². The summed E-state index contributed by atoms with van der Waals surface area (Å²) in [7, 11) is 0. The quantitative estimate of drug-likeness (QED) is 0.860. The van der Waals surface area contributed by atoms with Crippen LogP contribution in [0, 0.1) is 17.2 Å². The van der Waals surface area contributed by atoms with E-state index in [1.807, 2.05) is 30.3 Å². The zero-order chi connectivity index (χ0) is 12.1. The van der Waals surface area contributed by atoms with Crippen molar-refractivity contribution >= 4 is 0 Å². The lowest BCUT2D eigenvalue weighted by Crippen LogP contribution is -2.29. The third kappa shape index (κ3) is 3.06. The summed E-state index contributed by atoms with van der Waals surface area (Å²) in [5, 5.41) is 19.4. The molecule has 2 atom stereocenters. The Morgan fingerprint density at radius 3 is 2.47 bits per heavy atom. The number of nitriles is 1. The van der Waals surface area contributed by atoms with E-state index in [0.717, 1.165) is 18.7 Å². The van der Waals surface area contributed by atoms with Gasteiger partial charge in [-0.2, -0.15) is 5.26 Å². The SMILES string of the molecule is N#C[C@H](CN1CCCC1)[C@H](O)c1ccccc1. The highest BCUT2D eigenvalue weighted by Gasteiger charge is 2.24. The van der Waals surface area contributed by atoms with Crippen molar-refractivity contribution in [3.05, 3.63) is 35.9 Å². The topological polar surface area (TPSA) is 47.3 Å². The summed E-state index contributed by atoms with van der Waals surface area (Å²) in [6.07, 6.45) is 1.74. The van der Waals surface area contributed by atoms with Crippen LogP contribution in [-0.2, 0) is 0 Å². The molecule has 1 aliphatic rings. The minimum atomic E-state index is -0.679. The summed E-state index contributed by atoms with van der Waals surface area (Å²) in [6, 6.07) is 11.7. The predicted molar refractivity (Wildman–Crippen MR) is 66.2 cm³/mol. The highest BCUT2D eigenvalue weighted by atomic mass is 16.3. The molecule has 0 aliphatic carbocycles. The van der Waals surface area contributed by atoms with Gasteiger partial charge in [-0.25, -0.2) is 0 Å². The van der Waals surface area contributed by atoms with Gasteiger partial charge in [-0.15, -0.1) is 0 Å². The number of hydrogen-bond acceptors (Lipinski definition) is 3. The Hall–Kier alpha value is -1.37. The molecular formula is C14H18N2O. The molecule has 1 aromatic rings. The van der Waals surface area contributed by atoms with E-state index in [2.05, 4.69) is 11.0 Å². The van der Waals surface area contributed by atoms with Crippen LogP contribution in [0.3, 0.4) is 0 Å². The Kier molecular flexibility index (Phi) is 4.13. The first-order chi connectivity index (χ1) is 8.31. The second-order valence-corrected chi connectivity index (χ2v) is 4.60. The van der Waals surface area contributed by atoms with Gasteiger partial charge in [0.15, 0.2) is 0 Å². The largest absolute Gasteiger partial charge is 0.387 e. The van der Waals surface area contributed by atoms with E-state index >= 15 is 0 Å². The van der Waals surface area contributed by atoms with Gasteiger partial charge >= 0.3 is 0 Å². The van der Waals surface area contributed by atoms with Crippen LogP contribution in [0.25, 0.3) is 0 Å². The number of likely N-dealkylation sites (tertiary alicyclic amines) is 1. The summed E-state index contributed by atoms with van der Waals surface area (Å²) >= 11 is 0. The normalized spacial score (nSPS) is 19.8. The molecule has 90 valence electrons. The molecule has 0 radical (unpaired) electrons. The number of benzene rings is 1. The molecule has 1 fully saturated rings. The molecule has 3 heteroatoms. The molecule has 1 saturated heterocycles. The van der Waals surface area contributed by atoms with Crippen molar-refractivity contribution in [3.63, 3.8) is 0 Å². The minimum absolute atomic E-state index is 0.338. The van der Waals surface area contributed by atoms with Gasteiger partial charge in [0.25, 0.3) is 0 Å². The van der Waals surface area contributed by atoms with Crippen LogP contribution in [-0.4, -0.2) is 29.6 Å². The van der Waals surface area contributed by atoms with Gasteiger partial charge in [0, 0.05) is 6.54 Å². The molecule has 1 aromatic carbocycles. The molecular weight excluding hydrogens is 212 g/mol. The molecule has 1 N–H and O–H groups in total. The molecule has 2 rings (SSSR count). The summed E-state index contributed by atoms with van der Waals surface area (Å²) in [5.41, 5.74) is 0.832. The number of hydrogen-bond donors (Lipinski definition) is 1. The third-order valence-electron chi connectivity index (χ3n) is 3.34. The van der Waals surface area contributed by atoms with Crippen molar-refractivity contribution in [2.75, 3.05) is 19.6 Å². The minimum Gasteiger partial charge on any atom is -0.387 e. The standard InChI is InChI=1S/C14H18N2O/c15-10-13(11-16-8-4-5-9-16)14(17)12-6-2-1-3-7-12/h1-3,6-7,13-14,17H,4-5,8-9,11H2/t13-,14-/m1/s1.